The Balaban J connectivity index is 1.80. The van der Waals surface area contributed by atoms with E-state index in [0.717, 1.165) is 23.8 Å². The molecule has 0 aliphatic heterocycles. The Bertz CT molecular complexity index is 1280. The van der Waals surface area contributed by atoms with E-state index in [1.807, 2.05) is 24.9 Å². The lowest BCUT2D eigenvalue weighted by atomic mass is 10.1. The average molecular weight is 534 g/mol. The number of halogens is 4. The Morgan fingerprint density at radius 2 is 1.84 bits per heavy atom. The fourth-order valence-electron chi connectivity index (χ4n) is 3.39. The van der Waals surface area contributed by atoms with E-state index in [1.54, 1.807) is 36.5 Å². The molecule has 0 N–H and O–H groups in total. The van der Waals surface area contributed by atoms with Crippen molar-refractivity contribution in [2.75, 3.05) is 7.05 Å². The number of imidazole rings is 1. The molecule has 0 bridgehead atoms. The summed E-state index contributed by atoms with van der Waals surface area (Å²) in [6.45, 7) is 8.41. The topological polar surface area (TPSA) is 56.1 Å². The van der Waals surface area contributed by atoms with Crippen LogP contribution in [0.25, 0.3) is 17.1 Å². The summed E-state index contributed by atoms with van der Waals surface area (Å²) in [4.78, 5) is 14.8. The molecule has 0 atom stereocenters. The van der Waals surface area contributed by atoms with Crippen LogP contribution in [0.15, 0.2) is 59.4 Å². The van der Waals surface area contributed by atoms with Crippen molar-refractivity contribution in [3.8, 4) is 17.3 Å². The first-order chi connectivity index (χ1) is 17.4. The molecule has 37 heavy (non-hydrogen) atoms. The van der Waals surface area contributed by atoms with Gasteiger partial charge in [0.25, 0.3) is 0 Å². The Morgan fingerprint density at radius 1 is 1.16 bits per heavy atom. The second-order valence-electron chi connectivity index (χ2n) is 9.01. The highest BCUT2D eigenvalue weighted by atomic mass is 35.5. The molecule has 0 fully saturated rings. The number of benzene rings is 1. The monoisotopic (exact) mass is 533 g/mol. The van der Waals surface area contributed by atoms with Gasteiger partial charge < -0.3 is 14.2 Å². The molecule has 0 radical (unpaired) electrons. The third-order valence-electron chi connectivity index (χ3n) is 5.89. The summed E-state index contributed by atoms with van der Waals surface area (Å²) in [5, 5.41) is 0.547. The quantitative estimate of drug-likeness (QED) is 0.275. The molecule has 10 heteroatoms. The second kappa shape index (κ2) is 11.8. The number of rotatable bonds is 9. The molecular weight excluding hydrogens is 503 g/mol. The number of ether oxygens (including phenoxy) is 1. The number of aromatic nitrogens is 4. The van der Waals surface area contributed by atoms with E-state index < -0.39 is 11.9 Å². The molecule has 0 aliphatic rings. The van der Waals surface area contributed by atoms with Gasteiger partial charge in [0.05, 0.1) is 5.03 Å². The van der Waals surface area contributed by atoms with Crippen LogP contribution in [-0.2, 0) is 19.8 Å². The lowest BCUT2D eigenvalue weighted by Crippen LogP contribution is -2.26. The zero-order chi connectivity index (χ0) is 27.3. The van der Waals surface area contributed by atoms with Gasteiger partial charge in [0.1, 0.15) is 18.1 Å². The van der Waals surface area contributed by atoms with Crippen LogP contribution in [0.1, 0.15) is 51.2 Å². The summed E-state index contributed by atoms with van der Waals surface area (Å²) in [6.07, 6.45) is 0.905. The van der Waals surface area contributed by atoms with Crippen molar-refractivity contribution in [2.24, 2.45) is 7.05 Å². The first-order valence-corrected chi connectivity index (χ1v) is 12.2. The number of hydrogen-bond acceptors (Lipinski definition) is 5. The van der Waals surface area contributed by atoms with Gasteiger partial charge in [-0.25, -0.2) is 9.97 Å². The Morgan fingerprint density at radius 3 is 2.41 bits per heavy atom. The highest BCUT2D eigenvalue weighted by molar-refractivity contribution is 6.34. The molecular formula is C27H31ClF3N5O. The predicted octanol–water partition coefficient (Wildman–Crippen LogP) is 7.08. The van der Waals surface area contributed by atoms with Crippen molar-refractivity contribution in [1.29, 1.82) is 0 Å². The standard InChI is InChI=1S/C27H31ClF3N5O/c1-7-18(4)14-21(28)24(36(6)17(2)3)25-32-13-12-23(34-25)37-16-19-8-10-20(11-9-19)26-33-22(15-35(26)5)27(29,30)31/h8-15,17H,7,16H2,1-6H3/b18-14?,24-21+. The molecule has 1 aromatic carbocycles. The summed E-state index contributed by atoms with van der Waals surface area (Å²) < 4.78 is 46.2. The van der Waals surface area contributed by atoms with Gasteiger partial charge in [-0.2, -0.15) is 18.2 Å². The average Bonchev–Trinajstić information content (AvgIpc) is 3.25. The minimum Gasteiger partial charge on any atom is -0.473 e. The van der Waals surface area contributed by atoms with Crippen LogP contribution in [0.2, 0.25) is 0 Å². The summed E-state index contributed by atoms with van der Waals surface area (Å²) in [6, 6.07) is 8.83. The van der Waals surface area contributed by atoms with Crippen LogP contribution in [0.3, 0.4) is 0 Å². The maximum atomic E-state index is 13.0. The maximum Gasteiger partial charge on any atom is 0.434 e. The van der Waals surface area contributed by atoms with E-state index in [9.17, 15) is 13.2 Å². The molecule has 2 aromatic heterocycles. The third kappa shape index (κ3) is 7.13. The molecule has 0 unspecified atom stereocenters. The van der Waals surface area contributed by atoms with Crippen molar-refractivity contribution < 1.29 is 17.9 Å². The van der Waals surface area contributed by atoms with E-state index in [4.69, 9.17) is 16.3 Å². The van der Waals surface area contributed by atoms with Crippen molar-refractivity contribution in [2.45, 2.75) is 52.9 Å². The van der Waals surface area contributed by atoms with E-state index >= 15 is 0 Å². The number of nitrogens with zero attached hydrogens (tertiary/aromatic N) is 5. The van der Waals surface area contributed by atoms with Crippen LogP contribution in [0.5, 0.6) is 5.88 Å². The van der Waals surface area contributed by atoms with E-state index in [0.29, 0.717) is 28.0 Å². The molecule has 3 rings (SSSR count). The van der Waals surface area contributed by atoms with Crippen LogP contribution in [0.4, 0.5) is 13.2 Å². The van der Waals surface area contributed by atoms with Crippen LogP contribution in [0, 0.1) is 0 Å². The van der Waals surface area contributed by atoms with E-state index in [1.165, 1.54) is 11.6 Å². The van der Waals surface area contributed by atoms with Gasteiger partial charge in [0.2, 0.25) is 5.88 Å². The van der Waals surface area contributed by atoms with Gasteiger partial charge in [0, 0.05) is 44.2 Å². The van der Waals surface area contributed by atoms with Gasteiger partial charge in [-0.3, -0.25) is 0 Å². The number of aryl methyl sites for hydroxylation is 1. The number of alkyl halides is 3. The third-order valence-corrected chi connectivity index (χ3v) is 6.18. The smallest absolute Gasteiger partial charge is 0.434 e. The molecule has 0 spiro atoms. The zero-order valence-corrected chi connectivity index (χ0v) is 22.5. The minimum absolute atomic E-state index is 0.164. The molecule has 0 aliphatic carbocycles. The van der Waals surface area contributed by atoms with Crippen molar-refractivity contribution in [3.05, 3.63) is 76.5 Å². The lowest BCUT2D eigenvalue weighted by Gasteiger charge is -2.26. The fraction of sp³-hybridized carbons (Fsp3) is 0.370. The summed E-state index contributed by atoms with van der Waals surface area (Å²) in [5.41, 5.74) is 2.31. The molecule has 0 saturated carbocycles. The van der Waals surface area contributed by atoms with Gasteiger partial charge >= 0.3 is 6.18 Å². The SMILES string of the molecule is CCC(C)=C/C(Cl)=C(/c1nccc(OCc2ccc(-c3nc(C(F)(F)F)cn3C)cc2)n1)N(C)C(C)C. The predicted molar refractivity (Wildman–Crippen MR) is 140 cm³/mol. The molecule has 3 aromatic rings. The molecule has 2 heterocycles. The first kappa shape index (κ1) is 28.2. The highest BCUT2D eigenvalue weighted by Crippen LogP contribution is 2.31. The van der Waals surface area contributed by atoms with E-state index in [-0.39, 0.29) is 18.5 Å². The van der Waals surface area contributed by atoms with Gasteiger partial charge in [-0.1, -0.05) is 48.4 Å². The second-order valence-corrected chi connectivity index (χ2v) is 9.42. The number of hydrogen-bond donors (Lipinski definition) is 0. The van der Waals surface area contributed by atoms with Crippen molar-refractivity contribution >= 4 is 17.3 Å². The van der Waals surface area contributed by atoms with Crippen LogP contribution < -0.4 is 4.74 Å². The largest absolute Gasteiger partial charge is 0.473 e. The van der Waals surface area contributed by atoms with Gasteiger partial charge in [0.15, 0.2) is 11.5 Å². The van der Waals surface area contributed by atoms with Gasteiger partial charge in [-0.05, 0) is 38.8 Å². The fourth-order valence-corrected chi connectivity index (χ4v) is 3.80. The molecule has 6 nitrogen and oxygen atoms in total. The Kier molecular flexibility index (Phi) is 9.02. The van der Waals surface area contributed by atoms with Crippen molar-refractivity contribution in [1.82, 2.24) is 24.4 Å². The molecule has 198 valence electrons. The Labute approximate surface area is 220 Å². The van der Waals surface area contributed by atoms with E-state index in [2.05, 4.69) is 35.7 Å². The highest BCUT2D eigenvalue weighted by Gasteiger charge is 2.34. The lowest BCUT2D eigenvalue weighted by molar-refractivity contribution is -0.140. The molecule has 0 saturated heterocycles. The van der Waals surface area contributed by atoms with Crippen LogP contribution in [-0.4, -0.2) is 37.5 Å². The zero-order valence-electron chi connectivity index (χ0n) is 21.8. The van der Waals surface area contributed by atoms with Gasteiger partial charge in [-0.15, -0.1) is 0 Å². The summed E-state index contributed by atoms with van der Waals surface area (Å²) in [7, 11) is 3.47. The molecule has 0 amide bonds. The minimum atomic E-state index is -4.49. The van der Waals surface area contributed by atoms with Crippen LogP contribution >= 0.6 is 11.6 Å². The summed E-state index contributed by atoms with van der Waals surface area (Å²) in [5.74, 6) is 1.06. The van der Waals surface area contributed by atoms with Crippen molar-refractivity contribution in [3.63, 3.8) is 0 Å². The number of allylic oxidation sites excluding steroid dienone is 3. The Hall–Kier alpha value is -3.33. The normalized spacial score (nSPS) is 13.1. The maximum absolute atomic E-state index is 13.0. The summed E-state index contributed by atoms with van der Waals surface area (Å²) >= 11 is 6.69. The first-order valence-electron chi connectivity index (χ1n) is 11.9.